The molecule has 3 N–H and O–H groups in total. The number of halogens is 1. The molecule has 2 atom stereocenters. The second-order valence-corrected chi connectivity index (χ2v) is 4.70. The number of carbonyl (C=O) groups excluding carboxylic acids is 1. The van der Waals surface area contributed by atoms with Crippen LogP contribution in [0.1, 0.15) is 33.6 Å². The number of ether oxygens (including phenoxy) is 1. The average molecular weight is 328 g/mol. The summed E-state index contributed by atoms with van der Waals surface area (Å²) in [5.41, 5.74) is 5.69. The molecule has 0 rings (SSSR count). The first kappa shape index (κ1) is 15.1. The number of hydrogen-bond acceptors (Lipinski definition) is 4. The van der Waals surface area contributed by atoms with E-state index in [4.69, 9.17) is 10.5 Å². The maximum Gasteiger partial charge on any atom is 0.322 e. The van der Waals surface area contributed by atoms with Crippen LogP contribution in [0.4, 0.5) is 0 Å². The number of hydrogen-bond donors (Lipinski definition) is 2. The quantitative estimate of drug-likeness (QED) is 0.423. The highest BCUT2D eigenvalue weighted by Gasteiger charge is 2.17. The minimum atomic E-state index is -0.489. The Kier molecular flexibility index (Phi) is 8.36. The lowest BCUT2D eigenvalue weighted by atomic mass is 10.1. The lowest BCUT2D eigenvalue weighted by Crippen LogP contribution is -2.36. The maximum atomic E-state index is 11.4. The fourth-order valence-corrected chi connectivity index (χ4v) is 1.74. The first-order valence-electron chi connectivity index (χ1n) is 5.29. The molecule has 4 nitrogen and oxygen atoms in total. The second kappa shape index (κ2) is 8.29. The Hall–Kier alpha value is 0.120. The van der Waals surface area contributed by atoms with Gasteiger partial charge in [0.2, 0.25) is 0 Å². The minimum Gasteiger partial charge on any atom is -0.463 e. The van der Waals surface area contributed by atoms with E-state index in [0.717, 1.165) is 6.42 Å². The molecule has 0 fully saturated rings. The van der Waals surface area contributed by atoms with Gasteiger partial charge in [-0.1, -0.05) is 20.8 Å². The highest BCUT2D eigenvalue weighted by atomic mass is 127. The van der Waals surface area contributed by atoms with Crippen LogP contribution < -0.4 is 9.26 Å². The zero-order valence-corrected chi connectivity index (χ0v) is 11.8. The van der Waals surface area contributed by atoms with E-state index >= 15 is 0 Å². The van der Waals surface area contributed by atoms with Gasteiger partial charge in [-0.3, -0.25) is 8.32 Å². The molecule has 0 aliphatic carbocycles. The molecule has 0 aromatic heterocycles. The van der Waals surface area contributed by atoms with Crippen LogP contribution in [0.25, 0.3) is 0 Å². The predicted molar refractivity (Wildman–Crippen MR) is 69.6 cm³/mol. The molecule has 15 heavy (non-hydrogen) atoms. The van der Waals surface area contributed by atoms with Crippen molar-refractivity contribution in [3.8, 4) is 0 Å². The molecule has 0 heterocycles. The van der Waals surface area contributed by atoms with Crippen molar-refractivity contribution in [1.82, 2.24) is 3.53 Å². The summed E-state index contributed by atoms with van der Waals surface area (Å²) in [5.74, 6) is 0.117. The van der Waals surface area contributed by atoms with Crippen LogP contribution in [0.2, 0.25) is 0 Å². The van der Waals surface area contributed by atoms with Crippen molar-refractivity contribution >= 4 is 28.8 Å². The third-order valence-electron chi connectivity index (χ3n) is 2.10. The molecule has 0 aromatic rings. The molecular formula is C10H21IN2O2. The van der Waals surface area contributed by atoms with Crippen LogP contribution in [0, 0.1) is 5.92 Å². The largest absolute Gasteiger partial charge is 0.463 e. The van der Waals surface area contributed by atoms with Crippen LogP contribution in [0.5, 0.6) is 0 Å². The minimum absolute atomic E-state index is 0.209. The van der Waals surface area contributed by atoms with Gasteiger partial charge in [0.1, 0.15) is 12.6 Å². The molecule has 90 valence electrons. The molecule has 0 saturated carbocycles. The van der Waals surface area contributed by atoms with E-state index in [1.807, 2.05) is 20.8 Å². The van der Waals surface area contributed by atoms with E-state index in [2.05, 4.69) is 26.4 Å². The van der Waals surface area contributed by atoms with Gasteiger partial charge < -0.3 is 10.5 Å². The molecule has 0 unspecified atom stereocenters. The fourth-order valence-electron chi connectivity index (χ4n) is 1.12. The molecule has 0 aromatic carbocycles. The summed E-state index contributed by atoms with van der Waals surface area (Å²) in [4.78, 5) is 11.4. The van der Waals surface area contributed by atoms with Crippen molar-refractivity contribution in [2.24, 2.45) is 11.7 Å². The van der Waals surface area contributed by atoms with Gasteiger partial charge in [0, 0.05) is 22.9 Å². The van der Waals surface area contributed by atoms with Gasteiger partial charge >= 0.3 is 5.97 Å². The summed E-state index contributed by atoms with van der Waals surface area (Å²) < 4.78 is 8.16. The van der Waals surface area contributed by atoms with Gasteiger partial charge in [0.05, 0.1) is 6.04 Å². The Bertz CT molecular complexity index is 184. The molecule has 0 saturated heterocycles. The second-order valence-electron chi connectivity index (χ2n) is 4.08. The SMILES string of the molecule is CC[C@H](COC(=O)[C@@H](N)CC(C)C)NI. The maximum absolute atomic E-state index is 11.4. The average Bonchev–Trinajstić information content (AvgIpc) is 2.18. The Morgan fingerprint density at radius 1 is 1.53 bits per heavy atom. The number of carbonyl (C=O) groups is 1. The smallest absolute Gasteiger partial charge is 0.322 e. The van der Waals surface area contributed by atoms with Gasteiger partial charge in [-0.05, 0) is 18.8 Å². The molecule has 0 radical (unpaired) electrons. The molecule has 0 amide bonds. The summed E-state index contributed by atoms with van der Waals surface area (Å²) in [6.07, 6.45) is 1.60. The Balaban J connectivity index is 3.81. The summed E-state index contributed by atoms with van der Waals surface area (Å²) >= 11 is 2.06. The van der Waals surface area contributed by atoms with Gasteiger partial charge in [-0.25, -0.2) is 0 Å². The summed E-state index contributed by atoms with van der Waals surface area (Å²) in [5, 5.41) is 0. The molecule has 0 bridgehead atoms. The normalized spacial score (nSPS) is 15.1. The van der Waals surface area contributed by atoms with Crippen molar-refractivity contribution in [1.29, 1.82) is 0 Å². The lowest BCUT2D eigenvalue weighted by molar-refractivity contribution is -0.146. The van der Waals surface area contributed by atoms with Gasteiger partial charge in [-0.2, -0.15) is 0 Å². The van der Waals surface area contributed by atoms with Crippen LogP contribution >= 0.6 is 22.9 Å². The topological polar surface area (TPSA) is 64.3 Å². The summed E-state index contributed by atoms with van der Waals surface area (Å²) in [6, 6.07) is -0.280. The standard InChI is InChI=1S/C10H21IN2O2/c1-4-8(13-11)6-15-10(14)9(12)5-7(2)3/h7-9,13H,4-6,12H2,1-3H3/t8-,9+/m1/s1. The van der Waals surface area contributed by atoms with Gasteiger partial charge in [0.15, 0.2) is 0 Å². The first-order valence-corrected chi connectivity index (χ1v) is 6.37. The molecule has 5 heteroatoms. The highest BCUT2D eigenvalue weighted by molar-refractivity contribution is 14.1. The fraction of sp³-hybridized carbons (Fsp3) is 0.900. The molecule has 0 spiro atoms. The van der Waals surface area contributed by atoms with E-state index < -0.39 is 6.04 Å². The first-order chi connectivity index (χ1) is 7.01. The monoisotopic (exact) mass is 328 g/mol. The van der Waals surface area contributed by atoms with Gasteiger partial charge in [-0.15, -0.1) is 0 Å². The van der Waals surface area contributed by atoms with Crippen molar-refractivity contribution < 1.29 is 9.53 Å². The third-order valence-corrected chi connectivity index (χ3v) is 2.98. The number of rotatable bonds is 7. The van der Waals surface area contributed by atoms with E-state index in [1.54, 1.807) is 0 Å². The zero-order chi connectivity index (χ0) is 11.8. The summed E-state index contributed by atoms with van der Waals surface area (Å²) in [7, 11) is 0. The number of nitrogens with two attached hydrogens (primary N) is 1. The highest BCUT2D eigenvalue weighted by Crippen LogP contribution is 2.04. The molecular weight excluding hydrogens is 307 g/mol. The lowest BCUT2D eigenvalue weighted by Gasteiger charge is -2.16. The molecule has 0 aliphatic heterocycles. The van der Waals surface area contributed by atoms with E-state index in [1.165, 1.54) is 0 Å². The molecule has 0 aliphatic rings. The van der Waals surface area contributed by atoms with Crippen LogP contribution in [-0.2, 0) is 9.53 Å². The van der Waals surface area contributed by atoms with Crippen molar-refractivity contribution in [2.45, 2.75) is 45.7 Å². The van der Waals surface area contributed by atoms with Crippen LogP contribution in [0.3, 0.4) is 0 Å². The van der Waals surface area contributed by atoms with Gasteiger partial charge in [0.25, 0.3) is 0 Å². The van der Waals surface area contributed by atoms with E-state index in [0.29, 0.717) is 18.9 Å². The van der Waals surface area contributed by atoms with E-state index in [-0.39, 0.29) is 12.0 Å². The predicted octanol–water partition coefficient (Wildman–Crippen LogP) is 1.62. The number of nitrogens with one attached hydrogen (secondary N) is 1. The van der Waals surface area contributed by atoms with Crippen molar-refractivity contribution in [3.05, 3.63) is 0 Å². The Morgan fingerprint density at radius 2 is 2.13 bits per heavy atom. The van der Waals surface area contributed by atoms with Crippen molar-refractivity contribution in [2.75, 3.05) is 6.61 Å². The summed E-state index contributed by atoms with van der Waals surface area (Å²) in [6.45, 7) is 6.50. The zero-order valence-electron chi connectivity index (χ0n) is 9.63. The van der Waals surface area contributed by atoms with E-state index in [9.17, 15) is 4.79 Å². The number of esters is 1. The Labute approximate surface area is 106 Å². The van der Waals surface area contributed by atoms with Crippen LogP contribution in [0.15, 0.2) is 0 Å². The third kappa shape index (κ3) is 7.08. The Morgan fingerprint density at radius 3 is 2.53 bits per heavy atom. The van der Waals surface area contributed by atoms with Crippen LogP contribution in [-0.4, -0.2) is 24.7 Å². The van der Waals surface area contributed by atoms with Crippen molar-refractivity contribution in [3.63, 3.8) is 0 Å².